The van der Waals surface area contributed by atoms with Gasteiger partial charge in [-0.3, -0.25) is 14.6 Å². The molecule has 23 heavy (non-hydrogen) atoms. The van der Waals surface area contributed by atoms with Gasteiger partial charge in [-0.2, -0.15) is 0 Å². The van der Waals surface area contributed by atoms with Crippen molar-refractivity contribution in [3.63, 3.8) is 0 Å². The molecular weight excluding hydrogens is 290 g/mol. The van der Waals surface area contributed by atoms with Gasteiger partial charge in [0, 0.05) is 37.6 Å². The number of nitrogens with zero attached hydrogens (tertiary/aromatic N) is 3. The highest BCUT2D eigenvalue weighted by Crippen LogP contribution is 2.23. The van der Waals surface area contributed by atoms with Gasteiger partial charge in [-0.05, 0) is 64.2 Å². The topological polar surface area (TPSA) is 53.5 Å². The van der Waals surface area contributed by atoms with E-state index < -0.39 is 0 Å². The largest absolute Gasteiger partial charge is 0.334 e. The number of hydrogen-bond acceptors (Lipinski definition) is 3. The van der Waals surface area contributed by atoms with Crippen LogP contribution in [-0.2, 0) is 16.0 Å². The van der Waals surface area contributed by atoms with Crippen molar-refractivity contribution in [3.8, 4) is 0 Å². The SMILES string of the molecule is CCN(CCc1ccncc1)C(=O)C(=O)N1C(C)CCCC1C. The Morgan fingerprint density at radius 1 is 1.22 bits per heavy atom. The number of likely N-dealkylation sites (tertiary alicyclic amines) is 1. The molecule has 5 heteroatoms. The van der Waals surface area contributed by atoms with Crippen LogP contribution in [0.2, 0.25) is 0 Å². The van der Waals surface area contributed by atoms with E-state index in [0.29, 0.717) is 13.1 Å². The molecule has 2 amide bonds. The van der Waals surface area contributed by atoms with Gasteiger partial charge < -0.3 is 9.80 Å². The Hall–Kier alpha value is -1.91. The minimum Gasteiger partial charge on any atom is -0.334 e. The van der Waals surface area contributed by atoms with Crippen molar-refractivity contribution in [2.75, 3.05) is 13.1 Å². The summed E-state index contributed by atoms with van der Waals surface area (Å²) in [6.07, 6.45) is 7.31. The molecule has 1 aliphatic heterocycles. The maximum Gasteiger partial charge on any atom is 0.312 e. The number of likely N-dealkylation sites (N-methyl/N-ethyl adjacent to an activating group) is 1. The number of amides is 2. The van der Waals surface area contributed by atoms with Gasteiger partial charge in [0.25, 0.3) is 0 Å². The zero-order chi connectivity index (χ0) is 16.8. The van der Waals surface area contributed by atoms with E-state index in [2.05, 4.69) is 4.98 Å². The summed E-state index contributed by atoms with van der Waals surface area (Å²) in [4.78, 5) is 32.7. The van der Waals surface area contributed by atoms with Gasteiger partial charge in [0.1, 0.15) is 0 Å². The summed E-state index contributed by atoms with van der Waals surface area (Å²) in [5.74, 6) is -0.719. The molecule has 1 fully saturated rings. The quantitative estimate of drug-likeness (QED) is 0.801. The molecule has 2 atom stereocenters. The highest BCUT2D eigenvalue weighted by atomic mass is 16.2. The van der Waals surface area contributed by atoms with Gasteiger partial charge in [-0.25, -0.2) is 0 Å². The first-order valence-electron chi connectivity index (χ1n) is 8.55. The number of piperidine rings is 1. The average Bonchev–Trinajstić information content (AvgIpc) is 2.56. The van der Waals surface area contributed by atoms with Crippen LogP contribution < -0.4 is 0 Å². The van der Waals surface area contributed by atoms with Crippen molar-refractivity contribution in [1.29, 1.82) is 0 Å². The van der Waals surface area contributed by atoms with Crippen molar-refractivity contribution < 1.29 is 9.59 Å². The Bertz CT molecular complexity index is 522. The molecule has 0 radical (unpaired) electrons. The van der Waals surface area contributed by atoms with E-state index in [9.17, 15) is 9.59 Å². The molecule has 1 aromatic heterocycles. The molecule has 0 aromatic carbocycles. The van der Waals surface area contributed by atoms with E-state index in [0.717, 1.165) is 31.2 Å². The first kappa shape index (κ1) is 17.4. The number of carbonyl (C=O) groups is 2. The van der Waals surface area contributed by atoms with Gasteiger partial charge in [0.15, 0.2) is 0 Å². The monoisotopic (exact) mass is 317 g/mol. The van der Waals surface area contributed by atoms with Crippen molar-refractivity contribution >= 4 is 11.8 Å². The highest BCUT2D eigenvalue weighted by molar-refractivity contribution is 6.35. The molecule has 5 nitrogen and oxygen atoms in total. The van der Waals surface area contributed by atoms with Gasteiger partial charge in [-0.15, -0.1) is 0 Å². The lowest BCUT2D eigenvalue weighted by atomic mass is 9.97. The Labute approximate surface area is 138 Å². The third-order valence-electron chi connectivity index (χ3n) is 4.70. The molecule has 1 aromatic rings. The number of pyridine rings is 1. The lowest BCUT2D eigenvalue weighted by Crippen LogP contribution is -2.53. The van der Waals surface area contributed by atoms with Crippen LogP contribution in [0.25, 0.3) is 0 Å². The molecule has 0 spiro atoms. The summed E-state index contributed by atoms with van der Waals surface area (Å²) in [5, 5.41) is 0. The Balaban J connectivity index is 1.99. The molecule has 1 aliphatic rings. The second kappa shape index (κ2) is 8.09. The van der Waals surface area contributed by atoms with Crippen molar-refractivity contribution in [2.45, 2.75) is 58.5 Å². The van der Waals surface area contributed by atoms with E-state index >= 15 is 0 Å². The summed E-state index contributed by atoms with van der Waals surface area (Å²) in [5.41, 5.74) is 1.12. The van der Waals surface area contributed by atoms with Crippen LogP contribution in [-0.4, -0.2) is 51.8 Å². The normalized spacial score (nSPS) is 21.1. The lowest BCUT2D eigenvalue weighted by Gasteiger charge is -2.39. The van der Waals surface area contributed by atoms with Crippen molar-refractivity contribution in [2.24, 2.45) is 0 Å². The molecule has 126 valence electrons. The van der Waals surface area contributed by atoms with Crippen LogP contribution in [0.5, 0.6) is 0 Å². The first-order valence-corrected chi connectivity index (χ1v) is 8.55. The Morgan fingerprint density at radius 3 is 2.39 bits per heavy atom. The standard InChI is InChI=1S/C18H27N3O2/c1-4-20(13-10-16-8-11-19-12-9-16)17(22)18(23)21-14(2)6-5-7-15(21)3/h8-9,11-12,14-15H,4-7,10,13H2,1-3H3. The summed E-state index contributed by atoms with van der Waals surface area (Å²) in [7, 11) is 0. The Morgan fingerprint density at radius 2 is 1.83 bits per heavy atom. The minimum atomic E-state index is -0.373. The molecule has 2 rings (SSSR count). The van der Waals surface area contributed by atoms with E-state index in [1.54, 1.807) is 22.2 Å². The van der Waals surface area contributed by atoms with E-state index in [-0.39, 0.29) is 23.9 Å². The van der Waals surface area contributed by atoms with E-state index in [1.165, 1.54) is 0 Å². The number of rotatable bonds is 4. The van der Waals surface area contributed by atoms with E-state index in [4.69, 9.17) is 0 Å². The van der Waals surface area contributed by atoms with Gasteiger partial charge in [-0.1, -0.05) is 0 Å². The molecule has 0 N–H and O–H groups in total. The summed E-state index contributed by atoms with van der Waals surface area (Å²) >= 11 is 0. The zero-order valence-electron chi connectivity index (χ0n) is 14.4. The summed E-state index contributed by atoms with van der Waals surface area (Å²) < 4.78 is 0. The zero-order valence-corrected chi connectivity index (χ0v) is 14.4. The maximum atomic E-state index is 12.7. The fourth-order valence-electron chi connectivity index (χ4n) is 3.28. The fraction of sp³-hybridized carbons (Fsp3) is 0.611. The number of hydrogen-bond donors (Lipinski definition) is 0. The first-order chi connectivity index (χ1) is 11.0. The second-order valence-electron chi connectivity index (χ2n) is 6.33. The van der Waals surface area contributed by atoms with Crippen LogP contribution >= 0.6 is 0 Å². The molecule has 0 aliphatic carbocycles. The minimum absolute atomic E-state index is 0.147. The highest BCUT2D eigenvalue weighted by Gasteiger charge is 2.34. The van der Waals surface area contributed by atoms with Crippen LogP contribution in [0, 0.1) is 0 Å². The smallest absolute Gasteiger partial charge is 0.312 e. The lowest BCUT2D eigenvalue weighted by molar-refractivity contribution is -0.155. The Kier molecular flexibility index (Phi) is 6.13. The molecule has 1 saturated heterocycles. The number of carbonyl (C=O) groups excluding carboxylic acids is 2. The van der Waals surface area contributed by atoms with Gasteiger partial charge in [0.2, 0.25) is 0 Å². The summed E-state index contributed by atoms with van der Waals surface area (Å²) in [6.45, 7) is 7.09. The van der Waals surface area contributed by atoms with Gasteiger partial charge in [0.05, 0.1) is 0 Å². The number of aromatic nitrogens is 1. The third-order valence-corrected chi connectivity index (χ3v) is 4.70. The van der Waals surface area contributed by atoms with Gasteiger partial charge >= 0.3 is 11.8 Å². The predicted molar refractivity (Wildman–Crippen MR) is 89.8 cm³/mol. The molecule has 0 bridgehead atoms. The second-order valence-corrected chi connectivity index (χ2v) is 6.33. The summed E-state index contributed by atoms with van der Waals surface area (Å²) in [6, 6.07) is 4.17. The molecule has 2 unspecified atom stereocenters. The fourth-order valence-corrected chi connectivity index (χ4v) is 3.28. The third kappa shape index (κ3) is 4.30. The molecule has 2 heterocycles. The average molecular weight is 317 g/mol. The van der Waals surface area contributed by atoms with Crippen molar-refractivity contribution in [3.05, 3.63) is 30.1 Å². The van der Waals surface area contributed by atoms with Crippen LogP contribution in [0.15, 0.2) is 24.5 Å². The maximum absolute atomic E-state index is 12.7. The van der Waals surface area contributed by atoms with Crippen LogP contribution in [0.1, 0.15) is 45.6 Å². The van der Waals surface area contributed by atoms with Crippen molar-refractivity contribution in [1.82, 2.24) is 14.8 Å². The molecule has 0 saturated carbocycles. The predicted octanol–water partition coefficient (Wildman–Crippen LogP) is 2.26. The van der Waals surface area contributed by atoms with E-state index in [1.807, 2.05) is 32.9 Å². The van der Waals surface area contributed by atoms with Crippen LogP contribution in [0.3, 0.4) is 0 Å². The van der Waals surface area contributed by atoms with Crippen LogP contribution in [0.4, 0.5) is 0 Å². The molecular formula is C18H27N3O2.